The summed E-state index contributed by atoms with van der Waals surface area (Å²) in [6.45, 7) is 3.68. The number of hydrogen-bond acceptors (Lipinski definition) is 6. The fourth-order valence-electron chi connectivity index (χ4n) is 4.68. The van der Waals surface area contributed by atoms with Gasteiger partial charge in [-0.2, -0.15) is 0 Å². The third-order valence-electron chi connectivity index (χ3n) is 6.25. The van der Waals surface area contributed by atoms with Crippen LogP contribution in [0.5, 0.6) is 0 Å². The number of methoxy groups -OCH3 is 1. The second kappa shape index (κ2) is 9.62. The van der Waals surface area contributed by atoms with E-state index in [1.54, 1.807) is 31.4 Å². The second-order valence-corrected chi connectivity index (χ2v) is 8.29. The Morgan fingerprint density at radius 2 is 2.03 bits per heavy atom. The van der Waals surface area contributed by atoms with Gasteiger partial charge in [-0.15, -0.1) is 0 Å². The van der Waals surface area contributed by atoms with E-state index in [1.165, 1.54) is 18.2 Å². The van der Waals surface area contributed by atoms with Crippen LogP contribution in [0, 0.1) is 21.8 Å². The van der Waals surface area contributed by atoms with Crippen molar-refractivity contribution < 1.29 is 18.8 Å². The van der Waals surface area contributed by atoms with Gasteiger partial charge in [0.15, 0.2) is 0 Å². The Morgan fingerprint density at radius 1 is 1.25 bits per heavy atom. The minimum atomic E-state index is -0.402. The van der Waals surface area contributed by atoms with Gasteiger partial charge in [0, 0.05) is 57.7 Å². The van der Waals surface area contributed by atoms with Crippen molar-refractivity contribution in [3.63, 3.8) is 0 Å². The van der Waals surface area contributed by atoms with Crippen molar-refractivity contribution in [3.05, 3.63) is 69.5 Å². The summed E-state index contributed by atoms with van der Waals surface area (Å²) >= 11 is 0. The van der Waals surface area contributed by atoms with Gasteiger partial charge in [0.2, 0.25) is 5.91 Å². The minimum absolute atomic E-state index is 0.0377. The number of hydrogen-bond donors (Lipinski definition) is 1. The number of nitrogens with zero attached hydrogens (tertiary/aromatic N) is 3. The fraction of sp³-hybridized carbons (Fsp3) is 0.435. The Bertz CT molecular complexity index is 984. The molecule has 32 heavy (non-hydrogen) atoms. The molecule has 0 saturated carbocycles. The quantitative estimate of drug-likeness (QED) is 0.402. The molecule has 1 fully saturated rings. The number of piperazine rings is 1. The van der Waals surface area contributed by atoms with Gasteiger partial charge in [-0.3, -0.25) is 19.8 Å². The Morgan fingerprint density at radius 3 is 2.75 bits per heavy atom. The van der Waals surface area contributed by atoms with E-state index in [4.69, 9.17) is 4.74 Å². The number of carbonyl (C=O) groups is 1. The fourth-order valence-corrected chi connectivity index (χ4v) is 4.68. The summed E-state index contributed by atoms with van der Waals surface area (Å²) in [5.74, 6) is -0.667. The minimum Gasteiger partial charge on any atom is -0.383 e. The summed E-state index contributed by atoms with van der Waals surface area (Å²) in [6.07, 6.45) is 0.446. The maximum Gasteiger partial charge on any atom is 0.269 e. The van der Waals surface area contributed by atoms with Gasteiger partial charge < -0.3 is 15.0 Å². The van der Waals surface area contributed by atoms with Gasteiger partial charge >= 0.3 is 0 Å². The molecule has 0 aliphatic carbocycles. The topological polar surface area (TPSA) is 87.9 Å². The molecule has 4 rings (SSSR count). The van der Waals surface area contributed by atoms with Crippen molar-refractivity contribution in [2.45, 2.75) is 19.0 Å². The molecule has 2 aromatic rings. The van der Waals surface area contributed by atoms with Crippen LogP contribution < -0.4 is 10.2 Å². The monoisotopic (exact) mass is 442 g/mol. The first-order chi connectivity index (χ1) is 15.5. The van der Waals surface area contributed by atoms with Crippen molar-refractivity contribution in [1.82, 2.24) is 10.2 Å². The third kappa shape index (κ3) is 4.73. The van der Waals surface area contributed by atoms with E-state index in [0.29, 0.717) is 39.2 Å². The molecule has 2 atom stereocenters. The average molecular weight is 442 g/mol. The molecule has 1 N–H and O–H groups in total. The predicted octanol–water partition coefficient (Wildman–Crippen LogP) is 2.36. The van der Waals surface area contributed by atoms with E-state index in [1.807, 2.05) is 0 Å². The first kappa shape index (κ1) is 22.2. The van der Waals surface area contributed by atoms with Crippen LogP contribution in [0.25, 0.3) is 0 Å². The molecule has 9 heteroatoms. The second-order valence-electron chi connectivity index (χ2n) is 8.29. The number of non-ortho nitro benzene ring substituents is 1. The number of benzene rings is 2. The molecule has 1 amide bonds. The van der Waals surface area contributed by atoms with E-state index in [-0.39, 0.29) is 29.4 Å². The van der Waals surface area contributed by atoms with E-state index in [2.05, 4.69) is 15.1 Å². The van der Waals surface area contributed by atoms with Crippen molar-refractivity contribution in [2.24, 2.45) is 5.92 Å². The van der Waals surface area contributed by atoms with Crippen molar-refractivity contribution in [1.29, 1.82) is 0 Å². The zero-order valence-corrected chi connectivity index (χ0v) is 18.0. The average Bonchev–Trinajstić information content (AvgIpc) is 2.79. The maximum atomic E-state index is 13.3. The zero-order chi connectivity index (χ0) is 22.7. The summed E-state index contributed by atoms with van der Waals surface area (Å²) in [7, 11) is 1.58. The third-order valence-corrected chi connectivity index (χ3v) is 6.25. The lowest BCUT2D eigenvalue weighted by molar-refractivity contribution is -0.384. The van der Waals surface area contributed by atoms with Crippen LogP contribution in [0.4, 0.5) is 15.8 Å². The maximum absolute atomic E-state index is 13.3. The molecule has 2 heterocycles. The molecule has 170 valence electrons. The first-order valence-corrected chi connectivity index (χ1v) is 10.7. The molecular weight excluding hydrogens is 415 g/mol. The Hall–Kier alpha value is -3.04. The van der Waals surface area contributed by atoms with Crippen molar-refractivity contribution in [3.8, 4) is 0 Å². The summed E-state index contributed by atoms with van der Waals surface area (Å²) in [5, 5.41) is 14.2. The van der Waals surface area contributed by atoms with Crippen LogP contribution in [0.1, 0.15) is 11.1 Å². The van der Waals surface area contributed by atoms with Crippen LogP contribution in [0.2, 0.25) is 0 Å². The molecule has 0 radical (unpaired) electrons. The van der Waals surface area contributed by atoms with Crippen molar-refractivity contribution >= 4 is 17.3 Å². The first-order valence-electron chi connectivity index (χ1n) is 10.7. The van der Waals surface area contributed by atoms with Gasteiger partial charge in [0.25, 0.3) is 5.69 Å². The lowest BCUT2D eigenvalue weighted by atomic mass is 9.83. The number of halogens is 1. The summed E-state index contributed by atoms with van der Waals surface area (Å²) < 4.78 is 18.3. The number of anilines is 1. The Kier molecular flexibility index (Phi) is 6.66. The van der Waals surface area contributed by atoms with Crippen LogP contribution >= 0.6 is 0 Å². The van der Waals surface area contributed by atoms with E-state index in [9.17, 15) is 19.3 Å². The molecule has 2 unspecified atom stereocenters. The van der Waals surface area contributed by atoms with Gasteiger partial charge in [-0.05, 0) is 35.7 Å². The van der Waals surface area contributed by atoms with Crippen LogP contribution in [0.3, 0.4) is 0 Å². The lowest BCUT2D eigenvalue weighted by Gasteiger charge is -2.49. The standard InChI is InChI=1S/C23H27FN4O4/c1-32-11-8-25-23(29)20-13-17-12-19(28(30)31)6-7-21(17)27-10-9-26(15-22(20)27)14-16-2-4-18(24)5-3-16/h2-7,12,20,22H,8-11,13-15H2,1H3,(H,25,29). The molecule has 8 nitrogen and oxygen atoms in total. The molecular formula is C23H27FN4O4. The number of nitro benzene ring substituents is 1. The van der Waals surface area contributed by atoms with Crippen LogP contribution in [0.15, 0.2) is 42.5 Å². The van der Waals surface area contributed by atoms with Gasteiger partial charge in [-0.25, -0.2) is 4.39 Å². The summed E-state index contributed by atoms with van der Waals surface area (Å²) in [5.41, 5.74) is 2.85. The summed E-state index contributed by atoms with van der Waals surface area (Å²) in [4.78, 5) is 28.4. The normalized spacial score (nSPS) is 20.4. The zero-order valence-electron chi connectivity index (χ0n) is 18.0. The smallest absolute Gasteiger partial charge is 0.269 e. The highest BCUT2D eigenvalue weighted by atomic mass is 19.1. The van der Waals surface area contributed by atoms with E-state index < -0.39 is 4.92 Å². The number of carbonyl (C=O) groups excluding carboxylic acids is 1. The molecule has 0 bridgehead atoms. The van der Waals surface area contributed by atoms with E-state index in [0.717, 1.165) is 23.4 Å². The number of nitrogens with one attached hydrogen (secondary N) is 1. The number of amides is 1. The largest absolute Gasteiger partial charge is 0.383 e. The number of fused-ring (bicyclic) bond motifs is 3. The van der Waals surface area contributed by atoms with Crippen molar-refractivity contribution in [2.75, 3.05) is 44.8 Å². The highest BCUT2D eigenvalue weighted by Gasteiger charge is 2.41. The van der Waals surface area contributed by atoms with Gasteiger partial charge in [-0.1, -0.05) is 12.1 Å². The molecule has 0 spiro atoms. The molecule has 1 saturated heterocycles. The summed E-state index contributed by atoms with van der Waals surface area (Å²) in [6, 6.07) is 11.3. The highest BCUT2D eigenvalue weighted by molar-refractivity contribution is 5.82. The van der Waals surface area contributed by atoms with Gasteiger partial charge in [0.05, 0.1) is 23.5 Å². The van der Waals surface area contributed by atoms with Gasteiger partial charge in [0.1, 0.15) is 5.82 Å². The van der Waals surface area contributed by atoms with Crippen LogP contribution in [-0.2, 0) is 22.5 Å². The number of nitro groups is 1. The number of ether oxygens (including phenoxy) is 1. The predicted molar refractivity (Wildman–Crippen MR) is 118 cm³/mol. The Balaban J connectivity index is 1.57. The number of rotatable bonds is 7. The molecule has 0 aromatic heterocycles. The SMILES string of the molecule is COCCNC(=O)C1Cc2cc([N+](=O)[O-])ccc2N2CCN(Cc3ccc(F)cc3)CC12. The molecule has 2 aromatic carbocycles. The molecule has 2 aliphatic rings. The van der Waals surface area contributed by atoms with Crippen LogP contribution in [-0.4, -0.2) is 61.7 Å². The lowest BCUT2D eigenvalue weighted by Crippen LogP contribution is -2.61. The molecule has 2 aliphatic heterocycles. The van der Waals surface area contributed by atoms with E-state index >= 15 is 0 Å². The Labute approximate surface area is 186 Å². The highest BCUT2D eigenvalue weighted by Crippen LogP contribution is 2.38.